The second kappa shape index (κ2) is 7.75. The van der Waals surface area contributed by atoms with Crippen LogP contribution in [0.25, 0.3) is 55.4 Å². The van der Waals surface area contributed by atoms with Crippen LogP contribution in [0.5, 0.6) is 0 Å². The van der Waals surface area contributed by atoms with Crippen LogP contribution in [0.3, 0.4) is 0 Å². The Morgan fingerprint density at radius 3 is 1.50 bits per heavy atom. The van der Waals surface area contributed by atoms with Crippen molar-refractivity contribution in [3.63, 3.8) is 0 Å². The summed E-state index contributed by atoms with van der Waals surface area (Å²) in [5.74, 6) is 0. The third-order valence-electron chi connectivity index (χ3n) is 5.86. The molecule has 0 bridgehead atoms. The Bertz CT molecular complexity index is 1540. The molecule has 0 amide bonds. The summed E-state index contributed by atoms with van der Waals surface area (Å²) in [5.41, 5.74) is 8.34. The van der Waals surface area contributed by atoms with Crippen LogP contribution in [0.15, 0.2) is 121 Å². The van der Waals surface area contributed by atoms with Crippen molar-refractivity contribution in [3.8, 4) is 33.6 Å². The number of hydrogen-bond donors (Lipinski definition) is 0. The Kier molecular flexibility index (Phi) is 4.47. The Balaban J connectivity index is 1.67. The molecular formula is C30H20N2. The summed E-state index contributed by atoms with van der Waals surface area (Å²) in [5, 5.41) is 2.20. The summed E-state index contributed by atoms with van der Waals surface area (Å²) < 4.78 is 0. The number of aromatic nitrogens is 2. The van der Waals surface area contributed by atoms with E-state index in [1.807, 2.05) is 42.5 Å². The summed E-state index contributed by atoms with van der Waals surface area (Å²) in [6.07, 6.45) is 0. The predicted octanol–water partition coefficient (Wildman–Crippen LogP) is 7.78. The van der Waals surface area contributed by atoms with Gasteiger partial charge >= 0.3 is 0 Å². The molecule has 2 nitrogen and oxygen atoms in total. The lowest BCUT2D eigenvalue weighted by Crippen LogP contribution is -1.93. The van der Waals surface area contributed by atoms with Crippen LogP contribution >= 0.6 is 0 Å². The molecule has 0 spiro atoms. The highest BCUT2D eigenvalue weighted by molar-refractivity contribution is 6.11. The molecule has 0 saturated carbocycles. The normalized spacial score (nSPS) is 11.1. The smallest absolute Gasteiger partial charge is 0.0978 e. The van der Waals surface area contributed by atoms with Gasteiger partial charge < -0.3 is 0 Å². The molecule has 0 aliphatic rings. The maximum Gasteiger partial charge on any atom is 0.0978 e. The quantitative estimate of drug-likeness (QED) is 0.279. The van der Waals surface area contributed by atoms with Crippen molar-refractivity contribution >= 4 is 21.8 Å². The van der Waals surface area contributed by atoms with E-state index in [9.17, 15) is 0 Å². The van der Waals surface area contributed by atoms with Crippen molar-refractivity contribution in [1.82, 2.24) is 9.97 Å². The van der Waals surface area contributed by atoms with E-state index in [1.54, 1.807) is 0 Å². The molecule has 0 N–H and O–H groups in total. The van der Waals surface area contributed by atoms with Gasteiger partial charge in [-0.1, -0.05) is 97.1 Å². The maximum atomic E-state index is 5.13. The molecule has 0 fully saturated rings. The molecule has 0 radical (unpaired) electrons. The lowest BCUT2D eigenvalue weighted by atomic mass is 9.96. The predicted molar refractivity (Wildman–Crippen MR) is 133 cm³/mol. The van der Waals surface area contributed by atoms with Crippen molar-refractivity contribution in [1.29, 1.82) is 0 Å². The first-order valence-electron chi connectivity index (χ1n) is 10.8. The number of nitrogens with zero attached hydrogens (tertiary/aromatic N) is 2. The van der Waals surface area contributed by atoms with Gasteiger partial charge in [0.1, 0.15) is 0 Å². The third-order valence-corrected chi connectivity index (χ3v) is 5.86. The van der Waals surface area contributed by atoms with Crippen LogP contribution in [-0.4, -0.2) is 9.97 Å². The fraction of sp³-hybridized carbons (Fsp3) is 0. The highest BCUT2D eigenvalue weighted by Gasteiger charge is 2.13. The van der Waals surface area contributed by atoms with E-state index in [1.165, 1.54) is 11.1 Å². The summed E-state index contributed by atoms with van der Waals surface area (Å²) in [6, 6.07) is 41.9. The molecule has 4 aromatic carbocycles. The number of fused-ring (bicyclic) bond motifs is 3. The first-order chi connectivity index (χ1) is 15.9. The molecule has 0 atom stereocenters. The first kappa shape index (κ1) is 18.5. The van der Waals surface area contributed by atoms with Gasteiger partial charge in [-0.3, -0.25) is 0 Å². The number of pyridine rings is 2. The van der Waals surface area contributed by atoms with E-state index in [4.69, 9.17) is 9.97 Å². The van der Waals surface area contributed by atoms with Gasteiger partial charge in [-0.15, -0.1) is 0 Å². The molecule has 150 valence electrons. The van der Waals surface area contributed by atoms with Gasteiger partial charge in [0, 0.05) is 21.9 Å². The monoisotopic (exact) mass is 408 g/mol. The Hall–Kier alpha value is -4.30. The standard InChI is InChI=1S/C30H20N2/c1-4-10-21(11-5-1)26-20-24-16-18-27(22-12-6-2-7-13-22)31-29(24)30-25(26)17-19-28(32-30)23-14-8-3-9-15-23/h1-20H. The van der Waals surface area contributed by atoms with Crippen LogP contribution in [0.2, 0.25) is 0 Å². The van der Waals surface area contributed by atoms with Gasteiger partial charge in [0.05, 0.1) is 22.4 Å². The highest BCUT2D eigenvalue weighted by atomic mass is 14.8. The molecule has 0 saturated heterocycles. The molecule has 6 aromatic rings. The summed E-state index contributed by atoms with van der Waals surface area (Å²) in [7, 11) is 0. The molecule has 2 heteroatoms. The molecule has 6 rings (SSSR count). The van der Waals surface area contributed by atoms with Crippen molar-refractivity contribution in [2.45, 2.75) is 0 Å². The van der Waals surface area contributed by atoms with Crippen molar-refractivity contribution < 1.29 is 0 Å². The molecule has 2 aromatic heterocycles. The minimum absolute atomic E-state index is 0.929. The van der Waals surface area contributed by atoms with Crippen LogP contribution < -0.4 is 0 Å². The summed E-state index contributed by atoms with van der Waals surface area (Å²) in [6.45, 7) is 0. The molecular weight excluding hydrogens is 388 g/mol. The average molecular weight is 409 g/mol. The molecule has 32 heavy (non-hydrogen) atoms. The SMILES string of the molecule is c1ccc(-c2ccc3cc(-c4ccccc4)c4ccc(-c5ccccc5)nc4c3n2)cc1. The zero-order valence-corrected chi connectivity index (χ0v) is 17.4. The van der Waals surface area contributed by atoms with Gasteiger partial charge in [-0.25, -0.2) is 9.97 Å². The second-order valence-corrected chi connectivity index (χ2v) is 7.88. The van der Waals surface area contributed by atoms with Crippen molar-refractivity contribution in [2.24, 2.45) is 0 Å². The van der Waals surface area contributed by atoms with Crippen LogP contribution in [0.1, 0.15) is 0 Å². The molecule has 2 heterocycles. The lowest BCUT2D eigenvalue weighted by Gasteiger charge is -2.12. The highest BCUT2D eigenvalue weighted by Crippen LogP contribution is 2.35. The Morgan fingerprint density at radius 1 is 0.406 bits per heavy atom. The minimum Gasteiger partial charge on any atom is -0.245 e. The van der Waals surface area contributed by atoms with Gasteiger partial charge in [-0.05, 0) is 35.4 Å². The van der Waals surface area contributed by atoms with E-state index in [-0.39, 0.29) is 0 Å². The van der Waals surface area contributed by atoms with Gasteiger partial charge in [-0.2, -0.15) is 0 Å². The number of rotatable bonds is 3. The minimum atomic E-state index is 0.929. The van der Waals surface area contributed by atoms with Crippen LogP contribution in [0, 0.1) is 0 Å². The summed E-state index contributed by atoms with van der Waals surface area (Å²) >= 11 is 0. The van der Waals surface area contributed by atoms with Gasteiger partial charge in [0.25, 0.3) is 0 Å². The third kappa shape index (κ3) is 3.23. The molecule has 0 unspecified atom stereocenters. The maximum absolute atomic E-state index is 5.13. The molecule has 0 aliphatic carbocycles. The average Bonchev–Trinajstić information content (AvgIpc) is 2.89. The first-order valence-corrected chi connectivity index (χ1v) is 10.8. The largest absolute Gasteiger partial charge is 0.245 e. The fourth-order valence-corrected chi connectivity index (χ4v) is 4.26. The number of benzene rings is 4. The van der Waals surface area contributed by atoms with Crippen molar-refractivity contribution in [2.75, 3.05) is 0 Å². The Morgan fingerprint density at radius 2 is 0.906 bits per heavy atom. The van der Waals surface area contributed by atoms with E-state index < -0.39 is 0 Å². The zero-order valence-electron chi connectivity index (χ0n) is 17.4. The van der Waals surface area contributed by atoms with E-state index in [2.05, 4.69) is 78.9 Å². The molecule has 0 aliphatic heterocycles. The van der Waals surface area contributed by atoms with Crippen molar-refractivity contribution in [3.05, 3.63) is 121 Å². The van der Waals surface area contributed by atoms with E-state index in [0.29, 0.717) is 0 Å². The lowest BCUT2D eigenvalue weighted by molar-refractivity contribution is 1.36. The van der Waals surface area contributed by atoms with Gasteiger partial charge in [0.2, 0.25) is 0 Å². The topological polar surface area (TPSA) is 25.8 Å². The van der Waals surface area contributed by atoms with Crippen LogP contribution in [0.4, 0.5) is 0 Å². The Labute approximate surface area is 186 Å². The van der Waals surface area contributed by atoms with Gasteiger partial charge in [0.15, 0.2) is 0 Å². The second-order valence-electron chi connectivity index (χ2n) is 7.88. The van der Waals surface area contributed by atoms with E-state index in [0.717, 1.165) is 44.3 Å². The fourth-order valence-electron chi connectivity index (χ4n) is 4.26. The zero-order chi connectivity index (χ0) is 21.3. The number of hydrogen-bond acceptors (Lipinski definition) is 2. The summed E-state index contributed by atoms with van der Waals surface area (Å²) in [4.78, 5) is 10.2. The van der Waals surface area contributed by atoms with E-state index >= 15 is 0 Å². The van der Waals surface area contributed by atoms with Crippen LogP contribution in [-0.2, 0) is 0 Å².